The van der Waals surface area contributed by atoms with Crippen LogP contribution < -0.4 is 10.5 Å². The summed E-state index contributed by atoms with van der Waals surface area (Å²) in [5.41, 5.74) is 11.2. The van der Waals surface area contributed by atoms with Gasteiger partial charge in [-0.2, -0.15) is 0 Å². The molecule has 0 aliphatic heterocycles. The third-order valence-corrected chi connectivity index (χ3v) is 3.57. The zero-order chi connectivity index (χ0) is 13.9. The van der Waals surface area contributed by atoms with Crippen LogP contribution in [0.5, 0.6) is 5.75 Å². The van der Waals surface area contributed by atoms with Gasteiger partial charge >= 0.3 is 0 Å². The quantitative estimate of drug-likeness (QED) is 0.864. The standard InChI is InChI=1S/C16H27NO/c1-11-10-12(2)14(15(18-6)13(11)3)8-7-9-16(4,5)17/h10H,7-9,17H2,1-6H3. The number of aryl methyl sites for hydroxylation is 2. The summed E-state index contributed by atoms with van der Waals surface area (Å²) in [5, 5.41) is 0. The van der Waals surface area contributed by atoms with Gasteiger partial charge in [0.2, 0.25) is 0 Å². The lowest BCUT2D eigenvalue weighted by molar-refractivity contribution is 0.401. The Labute approximate surface area is 112 Å². The second kappa shape index (κ2) is 5.75. The SMILES string of the molecule is COc1c(C)c(C)cc(C)c1CCCC(C)(C)N. The molecule has 0 radical (unpaired) electrons. The van der Waals surface area contributed by atoms with Gasteiger partial charge in [-0.15, -0.1) is 0 Å². The van der Waals surface area contributed by atoms with Gasteiger partial charge in [0.15, 0.2) is 0 Å². The molecule has 0 amide bonds. The molecule has 102 valence electrons. The van der Waals surface area contributed by atoms with Crippen LogP contribution in [0, 0.1) is 20.8 Å². The monoisotopic (exact) mass is 249 g/mol. The van der Waals surface area contributed by atoms with Crippen molar-refractivity contribution in [2.45, 2.75) is 59.4 Å². The minimum Gasteiger partial charge on any atom is -0.496 e. The number of hydrogen-bond donors (Lipinski definition) is 1. The molecule has 0 aromatic heterocycles. The van der Waals surface area contributed by atoms with E-state index in [1.165, 1.54) is 22.3 Å². The van der Waals surface area contributed by atoms with Gasteiger partial charge in [-0.05, 0) is 76.1 Å². The molecule has 2 nitrogen and oxygen atoms in total. The maximum atomic E-state index is 6.03. The molecule has 0 saturated heterocycles. The van der Waals surface area contributed by atoms with E-state index in [4.69, 9.17) is 10.5 Å². The van der Waals surface area contributed by atoms with Gasteiger partial charge < -0.3 is 10.5 Å². The van der Waals surface area contributed by atoms with Gasteiger partial charge in [0, 0.05) is 5.54 Å². The molecule has 0 saturated carbocycles. The van der Waals surface area contributed by atoms with E-state index in [1.54, 1.807) is 7.11 Å². The molecule has 0 aliphatic rings. The molecule has 0 bridgehead atoms. The Bertz CT molecular complexity index is 416. The summed E-state index contributed by atoms with van der Waals surface area (Å²) in [6.45, 7) is 10.6. The van der Waals surface area contributed by atoms with Crippen molar-refractivity contribution in [1.82, 2.24) is 0 Å². The zero-order valence-electron chi connectivity index (χ0n) is 12.7. The summed E-state index contributed by atoms with van der Waals surface area (Å²) in [7, 11) is 1.76. The van der Waals surface area contributed by atoms with E-state index in [9.17, 15) is 0 Å². The van der Waals surface area contributed by atoms with Crippen molar-refractivity contribution in [3.05, 3.63) is 28.3 Å². The summed E-state index contributed by atoms with van der Waals surface area (Å²) in [6, 6.07) is 2.25. The Morgan fingerprint density at radius 3 is 2.28 bits per heavy atom. The average molecular weight is 249 g/mol. The van der Waals surface area contributed by atoms with Crippen molar-refractivity contribution >= 4 is 0 Å². The van der Waals surface area contributed by atoms with Crippen molar-refractivity contribution in [2.75, 3.05) is 7.11 Å². The predicted molar refractivity (Wildman–Crippen MR) is 78.4 cm³/mol. The predicted octanol–water partition coefficient (Wildman–Crippen LogP) is 3.68. The zero-order valence-corrected chi connectivity index (χ0v) is 12.7. The molecular formula is C16H27NO. The highest BCUT2D eigenvalue weighted by atomic mass is 16.5. The van der Waals surface area contributed by atoms with Crippen LogP contribution >= 0.6 is 0 Å². The minimum atomic E-state index is -0.0825. The van der Waals surface area contributed by atoms with Gasteiger partial charge in [0.1, 0.15) is 5.75 Å². The number of ether oxygens (including phenoxy) is 1. The first-order valence-corrected chi connectivity index (χ1v) is 6.69. The van der Waals surface area contributed by atoms with E-state index in [0.29, 0.717) is 0 Å². The van der Waals surface area contributed by atoms with E-state index in [0.717, 1.165) is 25.0 Å². The molecular weight excluding hydrogens is 222 g/mol. The molecule has 0 heterocycles. The summed E-state index contributed by atoms with van der Waals surface area (Å²) in [4.78, 5) is 0. The number of methoxy groups -OCH3 is 1. The average Bonchev–Trinajstić information content (AvgIpc) is 2.24. The fraction of sp³-hybridized carbons (Fsp3) is 0.625. The van der Waals surface area contributed by atoms with Gasteiger partial charge in [0.25, 0.3) is 0 Å². The van der Waals surface area contributed by atoms with Crippen LogP contribution in [-0.4, -0.2) is 12.6 Å². The molecule has 1 aromatic rings. The maximum Gasteiger partial charge on any atom is 0.125 e. The molecule has 2 heteroatoms. The Morgan fingerprint density at radius 2 is 1.78 bits per heavy atom. The molecule has 1 aromatic carbocycles. The van der Waals surface area contributed by atoms with Crippen LogP contribution in [0.3, 0.4) is 0 Å². The van der Waals surface area contributed by atoms with E-state index in [2.05, 4.69) is 40.7 Å². The van der Waals surface area contributed by atoms with Crippen molar-refractivity contribution in [3.63, 3.8) is 0 Å². The smallest absolute Gasteiger partial charge is 0.125 e. The second-order valence-electron chi connectivity index (χ2n) is 5.99. The van der Waals surface area contributed by atoms with Crippen LogP contribution in [0.4, 0.5) is 0 Å². The largest absolute Gasteiger partial charge is 0.496 e. The highest BCUT2D eigenvalue weighted by molar-refractivity contribution is 5.49. The lowest BCUT2D eigenvalue weighted by Crippen LogP contribution is -2.31. The van der Waals surface area contributed by atoms with E-state index in [1.807, 2.05) is 0 Å². The Balaban J connectivity index is 2.91. The van der Waals surface area contributed by atoms with E-state index >= 15 is 0 Å². The first kappa shape index (κ1) is 15.0. The van der Waals surface area contributed by atoms with E-state index in [-0.39, 0.29) is 5.54 Å². The summed E-state index contributed by atoms with van der Waals surface area (Å²) >= 11 is 0. The second-order valence-corrected chi connectivity index (χ2v) is 5.99. The van der Waals surface area contributed by atoms with Crippen molar-refractivity contribution in [3.8, 4) is 5.75 Å². The fourth-order valence-electron chi connectivity index (χ4n) is 2.41. The van der Waals surface area contributed by atoms with Gasteiger partial charge in [-0.25, -0.2) is 0 Å². The lowest BCUT2D eigenvalue weighted by Gasteiger charge is -2.20. The van der Waals surface area contributed by atoms with Gasteiger partial charge in [-0.3, -0.25) is 0 Å². The summed E-state index contributed by atoms with van der Waals surface area (Å²) in [6.07, 6.45) is 3.17. The number of benzene rings is 1. The Morgan fingerprint density at radius 1 is 1.17 bits per heavy atom. The van der Waals surface area contributed by atoms with Crippen molar-refractivity contribution < 1.29 is 4.74 Å². The van der Waals surface area contributed by atoms with Crippen molar-refractivity contribution in [1.29, 1.82) is 0 Å². The molecule has 2 N–H and O–H groups in total. The molecule has 0 unspecified atom stereocenters. The molecule has 0 fully saturated rings. The van der Waals surface area contributed by atoms with Gasteiger partial charge in [-0.1, -0.05) is 6.07 Å². The molecule has 0 aliphatic carbocycles. The van der Waals surface area contributed by atoms with Crippen molar-refractivity contribution in [2.24, 2.45) is 5.73 Å². The first-order valence-electron chi connectivity index (χ1n) is 6.69. The van der Waals surface area contributed by atoms with Crippen LogP contribution in [0.15, 0.2) is 6.07 Å². The molecule has 0 atom stereocenters. The number of hydrogen-bond acceptors (Lipinski definition) is 2. The molecule has 1 rings (SSSR count). The molecule has 0 spiro atoms. The summed E-state index contributed by atoms with van der Waals surface area (Å²) in [5.74, 6) is 1.06. The number of nitrogens with two attached hydrogens (primary N) is 1. The highest BCUT2D eigenvalue weighted by Crippen LogP contribution is 2.31. The highest BCUT2D eigenvalue weighted by Gasteiger charge is 2.14. The topological polar surface area (TPSA) is 35.2 Å². The van der Waals surface area contributed by atoms with E-state index < -0.39 is 0 Å². The normalized spacial score (nSPS) is 11.7. The first-order chi connectivity index (χ1) is 8.26. The summed E-state index contributed by atoms with van der Waals surface area (Å²) < 4.78 is 5.59. The Hall–Kier alpha value is -1.02. The third-order valence-electron chi connectivity index (χ3n) is 3.57. The lowest BCUT2D eigenvalue weighted by atomic mass is 9.92. The van der Waals surface area contributed by atoms with Crippen LogP contribution in [0.25, 0.3) is 0 Å². The minimum absolute atomic E-state index is 0.0825. The fourth-order valence-corrected chi connectivity index (χ4v) is 2.41. The molecule has 18 heavy (non-hydrogen) atoms. The number of rotatable bonds is 5. The maximum absolute atomic E-state index is 6.03. The van der Waals surface area contributed by atoms with Crippen LogP contribution in [0.2, 0.25) is 0 Å². The van der Waals surface area contributed by atoms with Gasteiger partial charge in [0.05, 0.1) is 7.11 Å². The third kappa shape index (κ3) is 3.74. The Kier molecular flexibility index (Phi) is 4.80. The van der Waals surface area contributed by atoms with Crippen LogP contribution in [0.1, 0.15) is 48.9 Å². The van der Waals surface area contributed by atoms with Crippen LogP contribution in [-0.2, 0) is 6.42 Å².